The van der Waals surface area contributed by atoms with Crippen LogP contribution in [0.1, 0.15) is 42.4 Å². The average Bonchev–Trinajstić information content (AvgIpc) is 2.49. The van der Waals surface area contributed by atoms with E-state index in [1.54, 1.807) is 6.07 Å². The lowest BCUT2D eigenvalue weighted by Crippen LogP contribution is -2.26. The smallest absolute Gasteiger partial charge is 0.267 e. The van der Waals surface area contributed by atoms with Crippen LogP contribution in [-0.4, -0.2) is 21.9 Å². The van der Waals surface area contributed by atoms with Gasteiger partial charge in [0, 0.05) is 23.0 Å². The van der Waals surface area contributed by atoms with Crippen molar-refractivity contribution in [3.8, 4) is 5.75 Å². The molecular formula is C18H20FN3O3. The Bertz CT molecular complexity index is 829. The van der Waals surface area contributed by atoms with Crippen LogP contribution in [0.4, 0.5) is 10.1 Å². The van der Waals surface area contributed by atoms with E-state index < -0.39 is 23.0 Å². The molecule has 0 aliphatic carbocycles. The number of amides is 2. The normalized spacial score (nSPS) is 11.2. The van der Waals surface area contributed by atoms with Crippen LogP contribution in [0.3, 0.4) is 0 Å². The number of rotatable bonds is 4. The minimum Gasteiger partial charge on any atom is -0.508 e. The molecule has 1 aromatic heterocycles. The number of phenols is 1. The second kappa shape index (κ2) is 6.88. The van der Waals surface area contributed by atoms with Gasteiger partial charge in [0.05, 0.1) is 6.42 Å². The average molecular weight is 345 g/mol. The Morgan fingerprint density at radius 3 is 2.56 bits per heavy atom. The Balaban J connectivity index is 2.34. The molecule has 0 aliphatic heterocycles. The highest BCUT2D eigenvalue weighted by molar-refractivity contribution is 5.98. The molecular weight excluding hydrogens is 325 g/mol. The number of nitrogens with two attached hydrogens (primary N) is 1. The molecule has 0 radical (unpaired) electrons. The van der Waals surface area contributed by atoms with Crippen LogP contribution in [0.25, 0.3) is 0 Å². The number of halogens is 1. The molecule has 132 valence electrons. The van der Waals surface area contributed by atoms with Crippen LogP contribution in [0, 0.1) is 5.82 Å². The predicted molar refractivity (Wildman–Crippen MR) is 91.9 cm³/mol. The number of pyridine rings is 1. The summed E-state index contributed by atoms with van der Waals surface area (Å²) in [4.78, 5) is 28.0. The molecule has 0 atom stereocenters. The lowest BCUT2D eigenvalue weighted by atomic mass is 9.84. The first-order chi connectivity index (χ1) is 11.6. The van der Waals surface area contributed by atoms with E-state index in [2.05, 4.69) is 10.3 Å². The summed E-state index contributed by atoms with van der Waals surface area (Å²) < 4.78 is 13.3. The van der Waals surface area contributed by atoms with Crippen LogP contribution in [0.5, 0.6) is 5.75 Å². The predicted octanol–water partition coefficient (Wildman–Crippen LogP) is 2.50. The van der Waals surface area contributed by atoms with Gasteiger partial charge in [-0.2, -0.15) is 0 Å². The van der Waals surface area contributed by atoms with Crippen molar-refractivity contribution >= 4 is 17.5 Å². The van der Waals surface area contributed by atoms with Crippen LogP contribution in [-0.2, 0) is 16.6 Å². The summed E-state index contributed by atoms with van der Waals surface area (Å²) in [6.07, 6.45) is 1.16. The van der Waals surface area contributed by atoms with Gasteiger partial charge in [-0.05, 0) is 29.7 Å². The molecule has 7 heteroatoms. The summed E-state index contributed by atoms with van der Waals surface area (Å²) in [7, 11) is 0. The number of primary amides is 1. The number of aromatic nitrogens is 1. The number of carbonyl (C=O) groups is 2. The Hall–Kier alpha value is -2.96. The van der Waals surface area contributed by atoms with E-state index in [4.69, 9.17) is 5.73 Å². The van der Waals surface area contributed by atoms with Gasteiger partial charge >= 0.3 is 0 Å². The highest BCUT2D eigenvalue weighted by atomic mass is 19.1. The monoisotopic (exact) mass is 345 g/mol. The third-order valence-corrected chi connectivity index (χ3v) is 3.60. The van der Waals surface area contributed by atoms with E-state index in [1.807, 2.05) is 20.8 Å². The van der Waals surface area contributed by atoms with Crippen molar-refractivity contribution in [1.82, 2.24) is 4.98 Å². The Kier molecular flexibility index (Phi) is 5.06. The Labute approximate surface area is 144 Å². The second-order valence-electron chi connectivity index (χ2n) is 6.69. The van der Waals surface area contributed by atoms with Gasteiger partial charge in [0.1, 0.15) is 17.3 Å². The standard InChI is InChI=1S/C18H20FN3O3/c1-18(2,3)15-12(6-7-21-16(15)17(20)25)22-14(24)9-10-8-11(19)4-5-13(10)23/h4-8,23H,9H2,1-3H3,(H2,20,25)(H,21,22,24). The molecule has 0 spiro atoms. The zero-order valence-electron chi connectivity index (χ0n) is 14.3. The number of nitrogens with one attached hydrogen (secondary N) is 1. The first-order valence-electron chi connectivity index (χ1n) is 7.66. The summed E-state index contributed by atoms with van der Waals surface area (Å²) in [6.45, 7) is 5.60. The third kappa shape index (κ3) is 4.32. The molecule has 1 heterocycles. The molecule has 4 N–H and O–H groups in total. The molecule has 1 aromatic carbocycles. The maximum absolute atomic E-state index is 13.3. The summed E-state index contributed by atoms with van der Waals surface area (Å²) in [5.74, 6) is -1.87. The first kappa shape index (κ1) is 18.4. The van der Waals surface area contributed by atoms with E-state index in [0.717, 1.165) is 12.1 Å². The summed E-state index contributed by atoms with van der Waals surface area (Å²) >= 11 is 0. The minimum atomic E-state index is -0.691. The highest BCUT2D eigenvalue weighted by Crippen LogP contribution is 2.32. The van der Waals surface area contributed by atoms with Crippen molar-refractivity contribution in [3.05, 3.63) is 53.1 Å². The zero-order chi connectivity index (χ0) is 18.8. The van der Waals surface area contributed by atoms with Gasteiger partial charge in [-0.1, -0.05) is 20.8 Å². The van der Waals surface area contributed by atoms with Gasteiger partial charge < -0.3 is 16.2 Å². The van der Waals surface area contributed by atoms with Crippen molar-refractivity contribution in [2.45, 2.75) is 32.6 Å². The minimum absolute atomic E-state index is 0.0823. The molecule has 0 fully saturated rings. The van der Waals surface area contributed by atoms with Crippen LogP contribution in [0.15, 0.2) is 30.5 Å². The number of aromatic hydroxyl groups is 1. The largest absolute Gasteiger partial charge is 0.508 e. The number of anilines is 1. The number of hydrogen-bond acceptors (Lipinski definition) is 4. The first-order valence-corrected chi connectivity index (χ1v) is 7.66. The molecule has 2 rings (SSSR count). The molecule has 0 saturated carbocycles. The second-order valence-corrected chi connectivity index (χ2v) is 6.69. The van der Waals surface area contributed by atoms with Crippen molar-refractivity contribution in [1.29, 1.82) is 0 Å². The molecule has 25 heavy (non-hydrogen) atoms. The van der Waals surface area contributed by atoms with Crippen LogP contribution in [0.2, 0.25) is 0 Å². The van der Waals surface area contributed by atoms with Crippen LogP contribution >= 0.6 is 0 Å². The molecule has 0 aliphatic rings. The van der Waals surface area contributed by atoms with E-state index in [-0.39, 0.29) is 23.4 Å². The van der Waals surface area contributed by atoms with Crippen molar-refractivity contribution in [2.24, 2.45) is 5.73 Å². The number of phenolic OH excluding ortho intramolecular Hbond substituents is 1. The van der Waals surface area contributed by atoms with Crippen molar-refractivity contribution in [2.75, 3.05) is 5.32 Å². The molecule has 2 aromatic rings. The van der Waals surface area contributed by atoms with Gasteiger partial charge in [-0.15, -0.1) is 0 Å². The topological polar surface area (TPSA) is 105 Å². The van der Waals surface area contributed by atoms with E-state index in [9.17, 15) is 19.1 Å². The molecule has 2 amide bonds. The molecule has 0 unspecified atom stereocenters. The van der Waals surface area contributed by atoms with Gasteiger partial charge in [-0.3, -0.25) is 14.6 Å². The van der Waals surface area contributed by atoms with E-state index >= 15 is 0 Å². The summed E-state index contributed by atoms with van der Waals surface area (Å²) in [5.41, 5.74) is 6.05. The maximum atomic E-state index is 13.3. The highest BCUT2D eigenvalue weighted by Gasteiger charge is 2.26. The SMILES string of the molecule is CC(C)(C)c1c(NC(=O)Cc2cc(F)ccc2O)ccnc1C(N)=O. The van der Waals surface area contributed by atoms with Gasteiger partial charge in [0.25, 0.3) is 5.91 Å². The number of benzene rings is 1. The number of carbonyl (C=O) groups excluding carboxylic acids is 2. The molecule has 0 bridgehead atoms. The lowest BCUT2D eigenvalue weighted by molar-refractivity contribution is -0.115. The molecule has 0 saturated heterocycles. The Morgan fingerprint density at radius 1 is 1.28 bits per heavy atom. The van der Waals surface area contributed by atoms with Crippen molar-refractivity contribution < 1.29 is 19.1 Å². The van der Waals surface area contributed by atoms with E-state index in [0.29, 0.717) is 11.3 Å². The lowest BCUT2D eigenvalue weighted by Gasteiger charge is -2.24. The molecule has 6 nitrogen and oxygen atoms in total. The maximum Gasteiger partial charge on any atom is 0.267 e. The third-order valence-electron chi connectivity index (χ3n) is 3.60. The van der Waals surface area contributed by atoms with Gasteiger partial charge in [-0.25, -0.2) is 4.39 Å². The fourth-order valence-corrected chi connectivity index (χ4v) is 2.58. The van der Waals surface area contributed by atoms with E-state index in [1.165, 1.54) is 12.3 Å². The van der Waals surface area contributed by atoms with Crippen LogP contribution < -0.4 is 11.1 Å². The quantitative estimate of drug-likeness (QED) is 0.791. The fourth-order valence-electron chi connectivity index (χ4n) is 2.58. The number of nitrogens with zero attached hydrogens (tertiary/aromatic N) is 1. The summed E-state index contributed by atoms with van der Waals surface area (Å²) in [5, 5.41) is 12.4. The number of hydrogen-bond donors (Lipinski definition) is 3. The fraction of sp³-hybridized carbons (Fsp3) is 0.278. The zero-order valence-corrected chi connectivity index (χ0v) is 14.3. The van der Waals surface area contributed by atoms with Gasteiger partial charge in [0.2, 0.25) is 5.91 Å². The summed E-state index contributed by atoms with van der Waals surface area (Å²) in [6, 6.07) is 4.96. The van der Waals surface area contributed by atoms with Gasteiger partial charge in [0.15, 0.2) is 0 Å². The van der Waals surface area contributed by atoms with Crippen molar-refractivity contribution in [3.63, 3.8) is 0 Å². The Morgan fingerprint density at radius 2 is 1.96 bits per heavy atom.